The summed E-state index contributed by atoms with van der Waals surface area (Å²) in [5.41, 5.74) is 3.17. The highest BCUT2D eigenvalue weighted by atomic mass is 16.5. The summed E-state index contributed by atoms with van der Waals surface area (Å²) in [6.07, 6.45) is 8.70. The molecule has 0 aliphatic carbocycles. The third kappa shape index (κ3) is 7.52. The molecule has 1 unspecified atom stereocenters. The van der Waals surface area contributed by atoms with Crippen LogP contribution in [0.2, 0.25) is 0 Å². The third-order valence-electron chi connectivity index (χ3n) is 5.60. The Kier molecular flexibility index (Phi) is 9.95. The van der Waals surface area contributed by atoms with Gasteiger partial charge in [-0.2, -0.15) is 0 Å². The molecule has 0 bridgehead atoms. The van der Waals surface area contributed by atoms with Gasteiger partial charge in [-0.05, 0) is 77.8 Å². The van der Waals surface area contributed by atoms with E-state index in [1.807, 2.05) is 0 Å². The van der Waals surface area contributed by atoms with Gasteiger partial charge >= 0.3 is 0 Å². The van der Waals surface area contributed by atoms with Crippen molar-refractivity contribution in [3.8, 4) is 11.5 Å². The van der Waals surface area contributed by atoms with Gasteiger partial charge < -0.3 is 14.8 Å². The minimum atomic E-state index is -0.0973. The highest BCUT2D eigenvalue weighted by Gasteiger charge is 2.24. The lowest BCUT2D eigenvalue weighted by molar-refractivity contribution is 0.0937. The van der Waals surface area contributed by atoms with E-state index in [9.17, 15) is 4.79 Å². The van der Waals surface area contributed by atoms with Crippen molar-refractivity contribution in [3.05, 3.63) is 47.1 Å². The van der Waals surface area contributed by atoms with Crippen molar-refractivity contribution in [1.82, 2.24) is 10.2 Å². The van der Waals surface area contributed by atoms with Crippen LogP contribution in [0.15, 0.2) is 41.5 Å². The van der Waals surface area contributed by atoms with Gasteiger partial charge in [0.2, 0.25) is 0 Å². The summed E-state index contributed by atoms with van der Waals surface area (Å²) in [6, 6.07) is 5.79. The van der Waals surface area contributed by atoms with Crippen molar-refractivity contribution in [2.45, 2.75) is 59.4 Å². The Hall–Kier alpha value is -2.27. The first kappa shape index (κ1) is 24.0. The fourth-order valence-corrected chi connectivity index (χ4v) is 3.75. The number of nitrogens with one attached hydrogen (secondary N) is 1. The second-order valence-corrected chi connectivity index (χ2v) is 8.18. The van der Waals surface area contributed by atoms with E-state index in [4.69, 9.17) is 9.47 Å². The SMILES string of the molecule is CCN1CCCC1CNC(=O)c1ccc(OC)cc1OC/C=C(\C)CCC=C(C)C. The predicted molar refractivity (Wildman–Crippen MR) is 124 cm³/mol. The molecule has 0 radical (unpaired) electrons. The van der Waals surface area contributed by atoms with Crippen molar-refractivity contribution in [2.24, 2.45) is 0 Å². The summed E-state index contributed by atoms with van der Waals surface area (Å²) in [5.74, 6) is 1.14. The van der Waals surface area contributed by atoms with Crippen molar-refractivity contribution in [2.75, 3.05) is 33.4 Å². The van der Waals surface area contributed by atoms with Crippen molar-refractivity contribution in [3.63, 3.8) is 0 Å². The van der Waals surface area contributed by atoms with Gasteiger partial charge in [0.1, 0.15) is 18.1 Å². The Balaban J connectivity index is 1.98. The van der Waals surface area contributed by atoms with E-state index in [1.54, 1.807) is 25.3 Å². The lowest BCUT2D eigenvalue weighted by Gasteiger charge is -2.23. The lowest BCUT2D eigenvalue weighted by atomic mass is 10.1. The largest absolute Gasteiger partial charge is 0.497 e. The van der Waals surface area contributed by atoms with Crippen LogP contribution in [-0.2, 0) is 0 Å². The summed E-state index contributed by atoms with van der Waals surface area (Å²) >= 11 is 0. The van der Waals surface area contributed by atoms with E-state index < -0.39 is 0 Å². The molecule has 5 heteroatoms. The molecule has 0 spiro atoms. The summed E-state index contributed by atoms with van der Waals surface area (Å²) in [6.45, 7) is 11.8. The number of likely N-dealkylation sites (N-methyl/N-ethyl adjacent to an activating group) is 1. The molecule has 1 aliphatic heterocycles. The summed E-state index contributed by atoms with van der Waals surface area (Å²) in [5, 5.41) is 3.10. The molecule has 1 aromatic rings. The molecule has 0 saturated carbocycles. The Labute approximate surface area is 182 Å². The van der Waals surface area contributed by atoms with Gasteiger partial charge in [-0.25, -0.2) is 0 Å². The zero-order valence-electron chi connectivity index (χ0n) is 19.3. The quantitative estimate of drug-likeness (QED) is 0.519. The number of carbonyl (C=O) groups excluding carboxylic acids is 1. The zero-order valence-corrected chi connectivity index (χ0v) is 19.3. The van der Waals surface area contributed by atoms with Crippen LogP contribution in [-0.4, -0.2) is 50.2 Å². The maximum atomic E-state index is 12.8. The zero-order chi connectivity index (χ0) is 21.9. The monoisotopic (exact) mass is 414 g/mol. The van der Waals surface area contributed by atoms with Gasteiger partial charge in [0.15, 0.2) is 0 Å². The van der Waals surface area contributed by atoms with Crippen molar-refractivity contribution < 1.29 is 14.3 Å². The molecule has 30 heavy (non-hydrogen) atoms. The van der Waals surface area contributed by atoms with Crippen LogP contribution in [0.4, 0.5) is 0 Å². The predicted octanol–water partition coefficient (Wildman–Crippen LogP) is 4.98. The molecular formula is C25H38N2O3. The van der Waals surface area contributed by atoms with Gasteiger partial charge in [0, 0.05) is 18.7 Å². The number of methoxy groups -OCH3 is 1. The number of amides is 1. The average molecular weight is 415 g/mol. The second kappa shape index (κ2) is 12.4. The van der Waals surface area contributed by atoms with E-state index in [1.165, 1.54) is 17.6 Å². The van der Waals surface area contributed by atoms with Crippen LogP contribution in [0, 0.1) is 0 Å². The molecule has 1 N–H and O–H groups in total. The van der Waals surface area contributed by atoms with Crippen LogP contribution in [0.1, 0.15) is 63.7 Å². The van der Waals surface area contributed by atoms with Crippen LogP contribution in [0.25, 0.3) is 0 Å². The minimum Gasteiger partial charge on any atom is -0.497 e. The molecule has 1 heterocycles. The fraction of sp³-hybridized carbons (Fsp3) is 0.560. The maximum absolute atomic E-state index is 12.8. The first-order valence-corrected chi connectivity index (χ1v) is 11.1. The average Bonchev–Trinajstić information content (AvgIpc) is 3.19. The lowest BCUT2D eigenvalue weighted by Crippen LogP contribution is -2.40. The molecule has 0 aromatic heterocycles. The Morgan fingerprint density at radius 3 is 2.77 bits per heavy atom. The number of rotatable bonds is 11. The number of benzene rings is 1. The number of allylic oxidation sites excluding steroid dienone is 3. The van der Waals surface area contributed by atoms with Gasteiger partial charge in [0.25, 0.3) is 5.91 Å². The molecule has 1 fully saturated rings. The third-order valence-corrected chi connectivity index (χ3v) is 5.60. The molecule has 1 atom stereocenters. The smallest absolute Gasteiger partial charge is 0.255 e. The van der Waals surface area contributed by atoms with Crippen LogP contribution >= 0.6 is 0 Å². The Morgan fingerprint density at radius 1 is 1.27 bits per heavy atom. The van der Waals surface area contributed by atoms with E-state index >= 15 is 0 Å². The standard InChI is InChI=1S/C25H38N2O3/c1-6-27-15-8-11-21(27)18-26-25(28)23-13-12-22(29-5)17-24(23)30-16-14-20(4)10-7-9-19(2)3/h9,12-14,17,21H,6-8,10-11,15-16,18H2,1-5H3,(H,26,28)/b20-14+. The normalized spacial score (nSPS) is 17.0. The van der Waals surface area contributed by atoms with Crippen molar-refractivity contribution >= 4 is 5.91 Å². The van der Waals surface area contributed by atoms with E-state index in [2.05, 4.69) is 50.1 Å². The van der Waals surface area contributed by atoms with E-state index in [-0.39, 0.29) is 5.91 Å². The summed E-state index contributed by atoms with van der Waals surface area (Å²) in [7, 11) is 1.62. The van der Waals surface area contributed by atoms with Gasteiger partial charge in [0.05, 0.1) is 12.7 Å². The Morgan fingerprint density at radius 2 is 2.07 bits per heavy atom. The molecule has 1 aromatic carbocycles. The fourth-order valence-electron chi connectivity index (χ4n) is 3.75. The number of nitrogens with zero attached hydrogens (tertiary/aromatic N) is 1. The molecule has 1 amide bonds. The van der Waals surface area contributed by atoms with E-state index in [0.717, 1.165) is 32.4 Å². The van der Waals surface area contributed by atoms with E-state index in [0.29, 0.717) is 36.3 Å². The van der Waals surface area contributed by atoms with Crippen LogP contribution < -0.4 is 14.8 Å². The van der Waals surface area contributed by atoms with Crippen molar-refractivity contribution in [1.29, 1.82) is 0 Å². The molecule has 166 valence electrons. The van der Waals surface area contributed by atoms with Gasteiger partial charge in [-0.3, -0.25) is 9.69 Å². The van der Waals surface area contributed by atoms with Gasteiger partial charge in [-0.1, -0.05) is 24.1 Å². The Bertz CT molecular complexity index is 751. The highest BCUT2D eigenvalue weighted by molar-refractivity contribution is 5.97. The number of hydrogen-bond acceptors (Lipinski definition) is 4. The number of hydrogen-bond donors (Lipinski definition) is 1. The van der Waals surface area contributed by atoms with Crippen LogP contribution in [0.3, 0.4) is 0 Å². The maximum Gasteiger partial charge on any atom is 0.255 e. The number of likely N-dealkylation sites (tertiary alicyclic amines) is 1. The second-order valence-electron chi connectivity index (χ2n) is 8.18. The molecular weight excluding hydrogens is 376 g/mol. The molecule has 1 aliphatic rings. The van der Waals surface area contributed by atoms with Gasteiger partial charge in [-0.15, -0.1) is 0 Å². The topological polar surface area (TPSA) is 50.8 Å². The highest BCUT2D eigenvalue weighted by Crippen LogP contribution is 2.25. The molecule has 1 saturated heterocycles. The summed E-state index contributed by atoms with van der Waals surface area (Å²) < 4.78 is 11.3. The molecule has 2 rings (SSSR count). The first-order chi connectivity index (χ1) is 14.4. The molecule has 5 nitrogen and oxygen atoms in total. The number of carbonyl (C=O) groups is 1. The minimum absolute atomic E-state index is 0.0973. The first-order valence-electron chi connectivity index (χ1n) is 11.1. The summed E-state index contributed by atoms with van der Waals surface area (Å²) in [4.78, 5) is 15.3. The van der Waals surface area contributed by atoms with Crippen LogP contribution in [0.5, 0.6) is 11.5 Å². The number of ether oxygens (including phenoxy) is 2.